The van der Waals surface area contributed by atoms with Gasteiger partial charge in [0.1, 0.15) is 5.82 Å². The summed E-state index contributed by atoms with van der Waals surface area (Å²) < 4.78 is 13.0. The summed E-state index contributed by atoms with van der Waals surface area (Å²) in [6.07, 6.45) is 3.77. The summed E-state index contributed by atoms with van der Waals surface area (Å²) in [6.45, 7) is 2.66. The number of carbonyl (C=O) groups is 2. The first-order chi connectivity index (χ1) is 12.1. The molecule has 0 radical (unpaired) electrons. The number of carbonyl (C=O) groups excluding carboxylic acids is 2. The highest BCUT2D eigenvalue weighted by molar-refractivity contribution is 5.94. The van der Waals surface area contributed by atoms with Crippen LogP contribution in [0.2, 0.25) is 0 Å². The first-order valence-electron chi connectivity index (χ1n) is 9.09. The number of benzene rings is 1. The molecule has 2 aliphatic rings. The highest BCUT2D eigenvalue weighted by Crippen LogP contribution is 2.22. The van der Waals surface area contributed by atoms with Gasteiger partial charge < -0.3 is 15.1 Å². The van der Waals surface area contributed by atoms with E-state index < -0.39 is 0 Å². The predicted molar refractivity (Wildman–Crippen MR) is 93.7 cm³/mol. The normalized spacial score (nSPS) is 24.2. The van der Waals surface area contributed by atoms with Gasteiger partial charge in [-0.25, -0.2) is 4.39 Å². The smallest absolute Gasteiger partial charge is 0.253 e. The summed E-state index contributed by atoms with van der Waals surface area (Å²) in [5.41, 5.74) is 0.475. The van der Waals surface area contributed by atoms with E-state index in [4.69, 9.17) is 0 Å². The lowest BCUT2D eigenvalue weighted by molar-refractivity contribution is -0.138. The van der Waals surface area contributed by atoms with Gasteiger partial charge in [-0.3, -0.25) is 9.59 Å². The van der Waals surface area contributed by atoms with E-state index >= 15 is 0 Å². The number of likely N-dealkylation sites (N-methyl/N-ethyl adjacent to an activating group) is 1. The third-order valence-corrected chi connectivity index (χ3v) is 5.29. The first kappa shape index (κ1) is 17.9. The van der Waals surface area contributed by atoms with Gasteiger partial charge in [0.15, 0.2) is 0 Å². The number of nitrogens with zero attached hydrogens (tertiary/aromatic N) is 2. The third kappa shape index (κ3) is 4.18. The molecule has 0 spiro atoms. The summed E-state index contributed by atoms with van der Waals surface area (Å²) in [4.78, 5) is 29.2. The van der Waals surface area contributed by atoms with Crippen LogP contribution in [0.3, 0.4) is 0 Å². The lowest BCUT2D eigenvalue weighted by Crippen LogP contribution is -2.52. The Kier molecular flexibility index (Phi) is 5.68. The van der Waals surface area contributed by atoms with Crippen molar-refractivity contribution in [3.8, 4) is 0 Å². The summed E-state index contributed by atoms with van der Waals surface area (Å²) in [5, 5.41) is 3.26. The molecule has 2 unspecified atom stereocenters. The SMILES string of the molecule is CNC1CCCN(C(=O)C2CCCN(C(=O)c3ccc(F)cc3)C2)C1. The quantitative estimate of drug-likeness (QED) is 0.908. The zero-order chi connectivity index (χ0) is 17.8. The van der Waals surface area contributed by atoms with Crippen LogP contribution in [0.4, 0.5) is 4.39 Å². The van der Waals surface area contributed by atoms with E-state index in [2.05, 4.69) is 5.32 Å². The minimum Gasteiger partial charge on any atom is -0.341 e. The lowest BCUT2D eigenvalue weighted by atomic mass is 9.94. The summed E-state index contributed by atoms with van der Waals surface area (Å²) in [6, 6.07) is 5.96. The van der Waals surface area contributed by atoms with Gasteiger partial charge >= 0.3 is 0 Å². The van der Waals surface area contributed by atoms with E-state index in [1.165, 1.54) is 24.3 Å². The fourth-order valence-electron chi connectivity index (χ4n) is 3.81. The van der Waals surface area contributed by atoms with Crippen molar-refractivity contribution >= 4 is 11.8 Å². The average molecular weight is 347 g/mol. The molecule has 2 saturated heterocycles. The van der Waals surface area contributed by atoms with E-state index in [9.17, 15) is 14.0 Å². The van der Waals surface area contributed by atoms with Crippen LogP contribution in [0, 0.1) is 11.7 Å². The van der Waals surface area contributed by atoms with Crippen molar-refractivity contribution < 1.29 is 14.0 Å². The van der Waals surface area contributed by atoms with Gasteiger partial charge in [-0.1, -0.05) is 0 Å². The van der Waals surface area contributed by atoms with Crippen LogP contribution in [-0.2, 0) is 4.79 Å². The van der Waals surface area contributed by atoms with E-state index in [1.54, 1.807) is 4.90 Å². The number of amides is 2. The largest absolute Gasteiger partial charge is 0.341 e. The maximum Gasteiger partial charge on any atom is 0.253 e. The fraction of sp³-hybridized carbons (Fsp3) is 0.579. The number of hydrogen-bond acceptors (Lipinski definition) is 3. The average Bonchev–Trinajstić information content (AvgIpc) is 2.67. The molecular formula is C19H26FN3O2. The zero-order valence-corrected chi connectivity index (χ0v) is 14.7. The van der Waals surface area contributed by atoms with Crippen LogP contribution < -0.4 is 5.32 Å². The van der Waals surface area contributed by atoms with Crippen LogP contribution in [0.1, 0.15) is 36.0 Å². The molecule has 0 saturated carbocycles. The Labute approximate surface area is 148 Å². The molecule has 2 aliphatic heterocycles. The van der Waals surface area contributed by atoms with Gasteiger partial charge in [0.2, 0.25) is 5.91 Å². The Morgan fingerprint density at radius 1 is 1.04 bits per heavy atom. The van der Waals surface area contributed by atoms with Crippen molar-refractivity contribution in [2.45, 2.75) is 31.7 Å². The van der Waals surface area contributed by atoms with Crippen molar-refractivity contribution in [1.82, 2.24) is 15.1 Å². The van der Waals surface area contributed by atoms with Gasteiger partial charge in [0.25, 0.3) is 5.91 Å². The third-order valence-electron chi connectivity index (χ3n) is 5.29. The van der Waals surface area contributed by atoms with Crippen molar-refractivity contribution in [2.75, 3.05) is 33.2 Å². The number of halogens is 1. The molecule has 0 aliphatic carbocycles. The molecule has 136 valence electrons. The van der Waals surface area contributed by atoms with Gasteiger partial charge in [-0.15, -0.1) is 0 Å². The van der Waals surface area contributed by atoms with Crippen LogP contribution in [0.15, 0.2) is 24.3 Å². The van der Waals surface area contributed by atoms with Crippen molar-refractivity contribution in [1.29, 1.82) is 0 Å². The van der Waals surface area contributed by atoms with Gasteiger partial charge in [-0.2, -0.15) is 0 Å². The number of hydrogen-bond donors (Lipinski definition) is 1. The van der Waals surface area contributed by atoms with E-state index in [0.717, 1.165) is 38.8 Å². The van der Waals surface area contributed by atoms with Gasteiger partial charge in [-0.05, 0) is 57.0 Å². The maximum absolute atomic E-state index is 13.0. The van der Waals surface area contributed by atoms with Crippen LogP contribution in [0.5, 0.6) is 0 Å². The molecule has 1 N–H and O–H groups in total. The summed E-state index contributed by atoms with van der Waals surface area (Å²) in [7, 11) is 1.93. The minimum absolute atomic E-state index is 0.121. The fourth-order valence-corrected chi connectivity index (χ4v) is 3.81. The Hall–Kier alpha value is -1.95. The molecule has 5 nitrogen and oxygen atoms in total. The first-order valence-corrected chi connectivity index (χ1v) is 9.09. The maximum atomic E-state index is 13.0. The second-order valence-electron chi connectivity index (χ2n) is 7.01. The van der Waals surface area contributed by atoms with Gasteiger partial charge in [0.05, 0.1) is 5.92 Å². The summed E-state index contributed by atoms with van der Waals surface area (Å²) in [5.74, 6) is -0.443. The monoisotopic (exact) mass is 347 g/mol. The number of piperidine rings is 2. The second-order valence-corrected chi connectivity index (χ2v) is 7.01. The van der Waals surface area contributed by atoms with Crippen LogP contribution >= 0.6 is 0 Å². The van der Waals surface area contributed by atoms with Crippen molar-refractivity contribution in [3.05, 3.63) is 35.6 Å². The van der Waals surface area contributed by atoms with Crippen molar-refractivity contribution in [2.24, 2.45) is 5.92 Å². The Morgan fingerprint density at radius 3 is 2.44 bits per heavy atom. The molecule has 2 heterocycles. The molecule has 1 aromatic rings. The molecule has 2 fully saturated rings. The highest BCUT2D eigenvalue weighted by atomic mass is 19.1. The van der Waals surface area contributed by atoms with E-state index in [0.29, 0.717) is 24.7 Å². The zero-order valence-electron chi connectivity index (χ0n) is 14.7. The van der Waals surface area contributed by atoms with Gasteiger partial charge in [0, 0.05) is 37.8 Å². The molecule has 3 rings (SSSR count). The lowest BCUT2D eigenvalue weighted by Gasteiger charge is -2.38. The van der Waals surface area contributed by atoms with E-state index in [-0.39, 0.29) is 23.5 Å². The number of likely N-dealkylation sites (tertiary alicyclic amines) is 2. The number of rotatable bonds is 3. The topological polar surface area (TPSA) is 52.7 Å². The molecule has 6 heteroatoms. The van der Waals surface area contributed by atoms with Crippen molar-refractivity contribution in [3.63, 3.8) is 0 Å². The predicted octanol–water partition coefficient (Wildman–Crippen LogP) is 1.89. The summed E-state index contributed by atoms with van der Waals surface area (Å²) >= 11 is 0. The Balaban J connectivity index is 1.63. The van der Waals surface area contributed by atoms with Crippen LogP contribution in [-0.4, -0.2) is 60.9 Å². The molecule has 2 atom stereocenters. The Bertz CT molecular complexity index is 620. The molecule has 25 heavy (non-hydrogen) atoms. The molecule has 2 amide bonds. The van der Waals surface area contributed by atoms with Crippen LogP contribution in [0.25, 0.3) is 0 Å². The van der Waals surface area contributed by atoms with E-state index in [1.807, 2.05) is 11.9 Å². The molecule has 1 aromatic carbocycles. The Morgan fingerprint density at radius 2 is 1.72 bits per heavy atom. The minimum atomic E-state index is -0.354. The molecule has 0 bridgehead atoms. The molecular weight excluding hydrogens is 321 g/mol. The second kappa shape index (κ2) is 7.95. The standard InChI is InChI=1S/C19H26FN3O2/c1-21-17-5-3-11-23(13-17)19(25)15-4-2-10-22(12-15)18(24)14-6-8-16(20)9-7-14/h6-9,15,17,21H,2-5,10-13H2,1H3. The highest BCUT2D eigenvalue weighted by Gasteiger charge is 2.33. The number of nitrogens with one attached hydrogen (secondary N) is 1. The molecule has 0 aromatic heterocycles.